The monoisotopic (exact) mass is 351 g/mol. The number of rotatable bonds is 3. The quantitative estimate of drug-likeness (QED) is 0.849. The predicted molar refractivity (Wildman–Crippen MR) is 80.5 cm³/mol. The summed E-state index contributed by atoms with van der Waals surface area (Å²) in [6, 6.07) is 2.66. The molecule has 2 rings (SSSR count). The van der Waals surface area contributed by atoms with Crippen LogP contribution in [-0.2, 0) is 13.8 Å². The van der Waals surface area contributed by atoms with Crippen LogP contribution in [0.3, 0.4) is 0 Å². The van der Waals surface area contributed by atoms with Crippen LogP contribution in [0.15, 0.2) is 17.0 Å². The van der Waals surface area contributed by atoms with Crippen LogP contribution in [0.1, 0.15) is 29.3 Å². The lowest BCUT2D eigenvalue weighted by Crippen LogP contribution is -2.46. The summed E-state index contributed by atoms with van der Waals surface area (Å²) in [5, 5.41) is 3.01. The van der Waals surface area contributed by atoms with Crippen LogP contribution in [-0.4, -0.2) is 33.1 Å². The van der Waals surface area contributed by atoms with Crippen LogP contribution in [0.4, 0.5) is 0 Å². The summed E-state index contributed by atoms with van der Waals surface area (Å²) in [5.41, 5.74) is 0.00521. The summed E-state index contributed by atoms with van der Waals surface area (Å²) in [6.45, 7) is 4.39. The summed E-state index contributed by atoms with van der Waals surface area (Å²) in [5.74, 6) is -0.411. The standard InChI is InChI=1S/C13H15Cl2NO4S/c1-8-10(14)5-9(6-11(8)21(15,18)19)12(17)16-13(2)3-4-20-7-13/h5-6H,3-4,7H2,1-2H3,(H,16,17). The van der Waals surface area contributed by atoms with E-state index in [9.17, 15) is 13.2 Å². The van der Waals surface area contributed by atoms with Gasteiger partial charge in [-0.2, -0.15) is 0 Å². The molecule has 0 aliphatic carbocycles. The van der Waals surface area contributed by atoms with Crippen molar-refractivity contribution in [1.29, 1.82) is 0 Å². The Hall–Kier alpha value is -0.820. The molecule has 0 radical (unpaired) electrons. The first kappa shape index (κ1) is 16.5. The van der Waals surface area contributed by atoms with Crippen molar-refractivity contribution in [3.8, 4) is 0 Å². The number of carbonyl (C=O) groups excluding carboxylic acids is 1. The molecular formula is C13H15Cl2NO4S. The van der Waals surface area contributed by atoms with Gasteiger partial charge in [0.05, 0.1) is 17.0 Å². The van der Waals surface area contributed by atoms with Crippen molar-refractivity contribution >= 4 is 37.2 Å². The Balaban J connectivity index is 2.36. The Bertz CT molecular complexity index is 682. The van der Waals surface area contributed by atoms with E-state index in [1.165, 1.54) is 19.1 Å². The van der Waals surface area contributed by atoms with Crippen molar-refractivity contribution in [2.24, 2.45) is 0 Å². The van der Waals surface area contributed by atoms with Crippen molar-refractivity contribution in [2.45, 2.75) is 30.7 Å². The van der Waals surface area contributed by atoms with E-state index in [-0.39, 0.29) is 15.5 Å². The third-order valence-corrected chi connectivity index (χ3v) is 5.30. The predicted octanol–water partition coefficient (Wildman–Crippen LogP) is 2.48. The molecule has 1 atom stereocenters. The Kier molecular flexibility index (Phi) is 4.54. The van der Waals surface area contributed by atoms with Crippen molar-refractivity contribution in [3.63, 3.8) is 0 Å². The molecule has 21 heavy (non-hydrogen) atoms. The Morgan fingerprint density at radius 2 is 2.10 bits per heavy atom. The van der Waals surface area contributed by atoms with Gasteiger partial charge in [-0.25, -0.2) is 8.42 Å². The number of nitrogens with one attached hydrogen (secondary N) is 1. The number of amides is 1. The van der Waals surface area contributed by atoms with E-state index in [1.807, 2.05) is 6.92 Å². The molecule has 1 aliphatic rings. The highest BCUT2D eigenvalue weighted by Crippen LogP contribution is 2.28. The minimum absolute atomic E-state index is 0.151. The molecule has 1 saturated heterocycles. The zero-order chi connectivity index (χ0) is 15.8. The normalized spacial score (nSPS) is 22.3. The average molecular weight is 352 g/mol. The third-order valence-electron chi connectivity index (χ3n) is 3.46. The number of benzene rings is 1. The maximum atomic E-state index is 12.3. The first-order chi connectivity index (χ1) is 9.62. The summed E-state index contributed by atoms with van der Waals surface area (Å²) in [7, 11) is 1.40. The Morgan fingerprint density at radius 3 is 2.62 bits per heavy atom. The fourth-order valence-corrected chi connectivity index (χ4v) is 3.65. The van der Waals surface area contributed by atoms with E-state index in [2.05, 4.69) is 5.32 Å². The second-order valence-corrected chi connectivity index (χ2v) is 8.28. The lowest BCUT2D eigenvalue weighted by molar-refractivity contribution is 0.0889. The van der Waals surface area contributed by atoms with Crippen molar-refractivity contribution in [1.82, 2.24) is 5.32 Å². The van der Waals surface area contributed by atoms with Crippen LogP contribution in [0.25, 0.3) is 0 Å². The molecule has 1 aromatic carbocycles. The lowest BCUT2D eigenvalue weighted by Gasteiger charge is -2.23. The van der Waals surface area contributed by atoms with E-state index in [4.69, 9.17) is 27.0 Å². The molecule has 8 heteroatoms. The highest BCUT2D eigenvalue weighted by Gasteiger charge is 2.32. The first-order valence-corrected chi connectivity index (χ1v) is 8.96. The molecule has 0 aromatic heterocycles. The fraction of sp³-hybridized carbons (Fsp3) is 0.462. The number of hydrogen-bond donors (Lipinski definition) is 1. The van der Waals surface area contributed by atoms with E-state index in [1.54, 1.807) is 0 Å². The van der Waals surface area contributed by atoms with Gasteiger partial charge in [-0.05, 0) is 38.0 Å². The molecule has 5 nitrogen and oxygen atoms in total. The largest absolute Gasteiger partial charge is 0.379 e. The molecule has 1 heterocycles. The SMILES string of the molecule is Cc1c(Cl)cc(C(=O)NC2(C)CCOC2)cc1S(=O)(=O)Cl. The van der Waals surface area contributed by atoms with Gasteiger partial charge in [-0.3, -0.25) is 4.79 Å². The summed E-state index contributed by atoms with van der Waals surface area (Å²) in [4.78, 5) is 12.1. The van der Waals surface area contributed by atoms with Gasteiger partial charge < -0.3 is 10.1 Å². The topological polar surface area (TPSA) is 72.5 Å². The van der Waals surface area contributed by atoms with Gasteiger partial charge in [-0.1, -0.05) is 11.6 Å². The minimum Gasteiger partial charge on any atom is -0.379 e. The summed E-state index contributed by atoms with van der Waals surface area (Å²) < 4.78 is 28.3. The highest BCUT2D eigenvalue weighted by atomic mass is 35.7. The van der Waals surface area contributed by atoms with Crippen LogP contribution in [0, 0.1) is 6.92 Å². The van der Waals surface area contributed by atoms with E-state index < -0.39 is 20.5 Å². The van der Waals surface area contributed by atoms with E-state index in [0.29, 0.717) is 25.2 Å². The molecule has 116 valence electrons. The second-order valence-electron chi connectivity index (χ2n) is 5.34. The van der Waals surface area contributed by atoms with E-state index >= 15 is 0 Å². The highest BCUT2D eigenvalue weighted by molar-refractivity contribution is 8.13. The zero-order valence-electron chi connectivity index (χ0n) is 11.6. The molecule has 0 saturated carbocycles. The first-order valence-electron chi connectivity index (χ1n) is 6.27. The number of carbonyl (C=O) groups is 1. The van der Waals surface area contributed by atoms with Crippen molar-refractivity contribution in [3.05, 3.63) is 28.3 Å². The molecule has 0 bridgehead atoms. The summed E-state index contributed by atoms with van der Waals surface area (Å²) in [6.07, 6.45) is 0.693. The van der Waals surface area contributed by atoms with Gasteiger partial charge in [0.25, 0.3) is 15.0 Å². The zero-order valence-corrected chi connectivity index (χ0v) is 13.9. The number of hydrogen-bond acceptors (Lipinski definition) is 4. The molecular weight excluding hydrogens is 337 g/mol. The molecule has 0 spiro atoms. The number of halogens is 2. The lowest BCUT2D eigenvalue weighted by atomic mass is 10.0. The Labute approximate surface area is 133 Å². The van der Waals surface area contributed by atoms with Crippen LogP contribution in [0.2, 0.25) is 5.02 Å². The van der Waals surface area contributed by atoms with Gasteiger partial charge in [0.1, 0.15) is 0 Å². The molecule has 1 fully saturated rings. The molecule has 1 N–H and O–H groups in total. The fourth-order valence-electron chi connectivity index (χ4n) is 2.15. The average Bonchev–Trinajstić information content (AvgIpc) is 2.77. The summed E-state index contributed by atoms with van der Waals surface area (Å²) >= 11 is 5.99. The second kappa shape index (κ2) is 5.76. The molecule has 1 aliphatic heterocycles. The van der Waals surface area contributed by atoms with E-state index in [0.717, 1.165) is 0 Å². The van der Waals surface area contributed by atoms with Crippen molar-refractivity contribution < 1.29 is 17.9 Å². The van der Waals surface area contributed by atoms with Crippen LogP contribution < -0.4 is 5.32 Å². The van der Waals surface area contributed by atoms with Gasteiger partial charge in [0, 0.05) is 27.9 Å². The Morgan fingerprint density at radius 1 is 1.43 bits per heavy atom. The van der Waals surface area contributed by atoms with Gasteiger partial charge in [-0.15, -0.1) is 0 Å². The van der Waals surface area contributed by atoms with Crippen LogP contribution in [0.5, 0.6) is 0 Å². The maximum absolute atomic E-state index is 12.3. The molecule has 1 aromatic rings. The van der Waals surface area contributed by atoms with Gasteiger partial charge in [0.2, 0.25) is 0 Å². The van der Waals surface area contributed by atoms with Crippen LogP contribution >= 0.6 is 22.3 Å². The number of ether oxygens (including phenoxy) is 1. The minimum atomic E-state index is -3.97. The maximum Gasteiger partial charge on any atom is 0.261 e. The molecule has 1 unspecified atom stereocenters. The smallest absolute Gasteiger partial charge is 0.261 e. The van der Waals surface area contributed by atoms with Gasteiger partial charge in [0.15, 0.2) is 0 Å². The third kappa shape index (κ3) is 3.69. The molecule has 1 amide bonds. The van der Waals surface area contributed by atoms with Crippen molar-refractivity contribution in [2.75, 3.05) is 13.2 Å². The van der Waals surface area contributed by atoms with Gasteiger partial charge >= 0.3 is 0 Å².